The highest BCUT2D eigenvalue weighted by molar-refractivity contribution is 5.92. The molecule has 7 nitrogen and oxygen atoms in total. The fourth-order valence-corrected chi connectivity index (χ4v) is 1.57. The zero-order valence-corrected chi connectivity index (χ0v) is 12.8. The molecule has 0 spiro atoms. The van der Waals surface area contributed by atoms with Gasteiger partial charge < -0.3 is 20.1 Å². The van der Waals surface area contributed by atoms with Gasteiger partial charge >= 0.3 is 5.97 Å². The Morgan fingerprint density at radius 2 is 1.91 bits per heavy atom. The first kappa shape index (κ1) is 17.5. The smallest absolute Gasteiger partial charge is 0.338 e. The Hall–Kier alpha value is -2.57. The Balaban J connectivity index is 2.37. The number of carbonyl (C=O) groups is 3. The largest absolute Gasteiger partial charge is 0.497 e. The quantitative estimate of drug-likeness (QED) is 0.715. The minimum Gasteiger partial charge on any atom is -0.497 e. The van der Waals surface area contributed by atoms with Crippen molar-refractivity contribution in [1.29, 1.82) is 0 Å². The highest BCUT2D eigenvalue weighted by Gasteiger charge is 2.12. The summed E-state index contributed by atoms with van der Waals surface area (Å²) < 4.78 is 9.86. The summed E-state index contributed by atoms with van der Waals surface area (Å²) in [6.07, 6.45) is 0. The Kier molecular flexibility index (Phi) is 6.88. The monoisotopic (exact) mass is 308 g/mol. The summed E-state index contributed by atoms with van der Waals surface area (Å²) in [5.41, 5.74) is 0.282. The van der Waals surface area contributed by atoms with Crippen molar-refractivity contribution in [3.63, 3.8) is 0 Å². The van der Waals surface area contributed by atoms with E-state index in [4.69, 9.17) is 9.47 Å². The standard InChI is InChI=1S/C15H20N2O5/c1-10(2)17-13(18)8-16-14(19)9-22-15(20)11-5-4-6-12(7-11)21-3/h4-7,10H,8-9H2,1-3H3,(H,16,19)(H,17,18). The highest BCUT2D eigenvalue weighted by Crippen LogP contribution is 2.13. The van der Waals surface area contributed by atoms with E-state index in [-0.39, 0.29) is 24.1 Å². The van der Waals surface area contributed by atoms with E-state index in [0.29, 0.717) is 5.75 Å². The number of ether oxygens (including phenoxy) is 2. The van der Waals surface area contributed by atoms with Crippen LogP contribution in [0.1, 0.15) is 24.2 Å². The van der Waals surface area contributed by atoms with Gasteiger partial charge in [-0.15, -0.1) is 0 Å². The summed E-state index contributed by atoms with van der Waals surface area (Å²) in [5, 5.41) is 4.99. The summed E-state index contributed by atoms with van der Waals surface area (Å²) in [6, 6.07) is 6.40. The van der Waals surface area contributed by atoms with Gasteiger partial charge in [0.15, 0.2) is 6.61 Å². The number of hydrogen-bond acceptors (Lipinski definition) is 5. The molecule has 0 aliphatic heterocycles. The van der Waals surface area contributed by atoms with E-state index >= 15 is 0 Å². The maximum absolute atomic E-state index is 11.8. The van der Waals surface area contributed by atoms with Crippen molar-refractivity contribution >= 4 is 17.8 Å². The number of methoxy groups -OCH3 is 1. The van der Waals surface area contributed by atoms with Crippen LogP contribution in [-0.2, 0) is 14.3 Å². The van der Waals surface area contributed by atoms with Gasteiger partial charge in [-0.25, -0.2) is 4.79 Å². The van der Waals surface area contributed by atoms with Crippen LogP contribution in [0.2, 0.25) is 0 Å². The molecule has 0 fully saturated rings. The first-order valence-corrected chi connectivity index (χ1v) is 6.79. The van der Waals surface area contributed by atoms with Gasteiger partial charge in [0.05, 0.1) is 19.2 Å². The number of nitrogens with one attached hydrogen (secondary N) is 2. The van der Waals surface area contributed by atoms with Crippen LogP contribution in [0.4, 0.5) is 0 Å². The summed E-state index contributed by atoms with van der Waals surface area (Å²) >= 11 is 0. The van der Waals surface area contributed by atoms with Gasteiger partial charge in [-0.3, -0.25) is 9.59 Å². The van der Waals surface area contributed by atoms with Gasteiger partial charge in [-0.2, -0.15) is 0 Å². The van der Waals surface area contributed by atoms with Crippen molar-refractivity contribution < 1.29 is 23.9 Å². The van der Waals surface area contributed by atoms with E-state index in [1.54, 1.807) is 18.2 Å². The molecule has 120 valence electrons. The minimum atomic E-state index is -0.638. The molecule has 7 heteroatoms. The topological polar surface area (TPSA) is 93.7 Å². The average Bonchev–Trinajstić information content (AvgIpc) is 2.50. The van der Waals surface area contributed by atoms with E-state index in [1.807, 2.05) is 13.8 Å². The minimum absolute atomic E-state index is 0.00436. The van der Waals surface area contributed by atoms with Crippen LogP contribution < -0.4 is 15.4 Å². The number of esters is 1. The lowest BCUT2D eigenvalue weighted by Gasteiger charge is -2.09. The summed E-state index contributed by atoms with van der Waals surface area (Å²) in [6.45, 7) is 3.02. The molecule has 2 amide bonds. The predicted octanol–water partition coefficient (Wildman–Crippen LogP) is 0.493. The van der Waals surface area contributed by atoms with Crippen LogP contribution in [0.5, 0.6) is 5.75 Å². The van der Waals surface area contributed by atoms with E-state index in [2.05, 4.69) is 10.6 Å². The summed E-state index contributed by atoms with van der Waals surface area (Å²) in [4.78, 5) is 34.6. The van der Waals surface area contributed by atoms with Crippen LogP contribution in [0, 0.1) is 0 Å². The normalized spacial score (nSPS) is 10.0. The number of amides is 2. The first-order chi connectivity index (χ1) is 10.4. The van der Waals surface area contributed by atoms with Gasteiger partial charge in [-0.1, -0.05) is 6.07 Å². The van der Waals surface area contributed by atoms with Gasteiger partial charge in [0.1, 0.15) is 5.75 Å². The number of hydrogen-bond donors (Lipinski definition) is 2. The maximum Gasteiger partial charge on any atom is 0.338 e. The Labute approximate surface area is 129 Å². The third-order valence-electron chi connectivity index (χ3n) is 2.54. The second-order valence-electron chi connectivity index (χ2n) is 4.81. The second kappa shape index (κ2) is 8.66. The SMILES string of the molecule is COc1cccc(C(=O)OCC(=O)NCC(=O)NC(C)C)c1. The fraction of sp³-hybridized carbons (Fsp3) is 0.400. The molecular weight excluding hydrogens is 288 g/mol. The lowest BCUT2D eigenvalue weighted by Crippen LogP contribution is -2.41. The Morgan fingerprint density at radius 1 is 1.18 bits per heavy atom. The average molecular weight is 308 g/mol. The van der Waals surface area contributed by atoms with Crippen molar-refractivity contribution in [2.75, 3.05) is 20.3 Å². The molecule has 0 atom stereocenters. The van der Waals surface area contributed by atoms with Crippen molar-refractivity contribution in [1.82, 2.24) is 10.6 Å². The van der Waals surface area contributed by atoms with Crippen LogP contribution in [0.25, 0.3) is 0 Å². The van der Waals surface area contributed by atoms with Crippen molar-refractivity contribution in [2.24, 2.45) is 0 Å². The van der Waals surface area contributed by atoms with Crippen molar-refractivity contribution in [3.05, 3.63) is 29.8 Å². The molecule has 0 aliphatic rings. The van der Waals surface area contributed by atoms with E-state index in [1.165, 1.54) is 13.2 Å². The van der Waals surface area contributed by atoms with Gasteiger partial charge in [0.2, 0.25) is 5.91 Å². The summed E-state index contributed by atoms with van der Waals surface area (Å²) in [5.74, 6) is -0.970. The van der Waals surface area contributed by atoms with Crippen LogP contribution in [0.3, 0.4) is 0 Å². The molecule has 0 radical (unpaired) electrons. The molecule has 2 N–H and O–H groups in total. The molecular formula is C15H20N2O5. The Morgan fingerprint density at radius 3 is 2.55 bits per heavy atom. The van der Waals surface area contributed by atoms with Crippen LogP contribution >= 0.6 is 0 Å². The lowest BCUT2D eigenvalue weighted by molar-refractivity contribution is -0.128. The Bertz CT molecular complexity index is 542. The number of benzene rings is 1. The second-order valence-corrected chi connectivity index (χ2v) is 4.81. The van der Waals surface area contributed by atoms with Crippen LogP contribution in [0.15, 0.2) is 24.3 Å². The molecule has 0 heterocycles. The molecule has 0 saturated carbocycles. The van der Waals surface area contributed by atoms with E-state index < -0.39 is 18.5 Å². The third kappa shape index (κ3) is 6.25. The third-order valence-corrected chi connectivity index (χ3v) is 2.54. The zero-order valence-electron chi connectivity index (χ0n) is 12.8. The lowest BCUT2D eigenvalue weighted by atomic mass is 10.2. The number of carbonyl (C=O) groups excluding carboxylic acids is 3. The van der Waals surface area contributed by atoms with Gasteiger partial charge in [0, 0.05) is 6.04 Å². The zero-order chi connectivity index (χ0) is 16.5. The first-order valence-electron chi connectivity index (χ1n) is 6.79. The molecule has 22 heavy (non-hydrogen) atoms. The van der Waals surface area contributed by atoms with Gasteiger partial charge in [0.25, 0.3) is 5.91 Å². The summed E-state index contributed by atoms with van der Waals surface area (Å²) in [7, 11) is 1.49. The predicted molar refractivity (Wildman–Crippen MR) is 79.6 cm³/mol. The van der Waals surface area contributed by atoms with Crippen LogP contribution in [-0.4, -0.2) is 44.1 Å². The van der Waals surface area contributed by atoms with Crippen molar-refractivity contribution in [2.45, 2.75) is 19.9 Å². The molecule has 1 aromatic rings. The molecule has 0 aromatic heterocycles. The van der Waals surface area contributed by atoms with Crippen molar-refractivity contribution in [3.8, 4) is 5.75 Å². The number of rotatable bonds is 7. The fourth-order valence-electron chi connectivity index (χ4n) is 1.57. The molecule has 0 saturated heterocycles. The molecule has 1 aromatic carbocycles. The highest BCUT2D eigenvalue weighted by atomic mass is 16.5. The van der Waals surface area contributed by atoms with E-state index in [9.17, 15) is 14.4 Å². The van der Waals surface area contributed by atoms with E-state index in [0.717, 1.165) is 0 Å². The van der Waals surface area contributed by atoms with Gasteiger partial charge in [-0.05, 0) is 32.0 Å². The molecule has 0 aliphatic carbocycles. The molecule has 0 bridgehead atoms. The maximum atomic E-state index is 11.8. The molecule has 1 rings (SSSR count). The molecule has 0 unspecified atom stereocenters.